The Hall–Kier alpha value is -0.870. The van der Waals surface area contributed by atoms with Crippen LogP contribution in [0.2, 0.25) is 0 Å². The number of halogens is 1. The number of rotatable bonds is 2. The van der Waals surface area contributed by atoms with Gasteiger partial charge in [-0.1, -0.05) is 31.2 Å². The first-order chi connectivity index (χ1) is 9.65. The molecule has 3 fully saturated rings. The summed E-state index contributed by atoms with van der Waals surface area (Å²) in [7, 11) is 0. The van der Waals surface area contributed by atoms with Gasteiger partial charge in [0.1, 0.15) is 0 Å². The topological polar surface area (TPSA) is 49.3 Å². The number of hydrogen-bond donors (Lipinski definition) is 2. The molecule has 3 unspecified atom stereocenters. The van der Waals surface area contributed by atoms with Crippen molar-refractivity contribution in [2.45, 2.75) is 50.1 Å². The highest BCUT2D eigenvalue weighted by Crippen LogP contribution is 2.56. The zero-order valence-corrected chi connectivity index (χ0v) is 13.9. The summed E-state index contributed by atoms with van der Waals surface area (Å²) in [4.78, 5) is 11.5. The van der Waals surface area contributed by atoms with E-state index < -0.39 is 5.97 Å². The molecule has 5 atom stereocenters. The van der Waals surface area contributed by atoms with Crippen LogP contribution < -0.4 is 5.32 Å². The van der Waals surface area contributed by atoms with E-state index in [2.05, 4.69) is 36.5 Å². The monoisotopic (exact) mass is 351 g/mol. The average Bonchev–Trinajstić information content (AvgIpc) is 2.46. The quantitative estimate of drug-likeness (QED) is 0.861. The van der Waals surface area contributed by atoms with Crippen molar-refractivity contribution in [2.24, 2.45) is 11.8 Å². The molecule has 3 nitrogen and oxygen atoms in total. The van der Waals surface area contributed by atoms with Gasteiger partial charge in [-0.25, -0.2) is 0 Å². The number of nitrogens with one attached hydrogen (secondary N) is 1. The summed E-state index contributed by atoms with van der Waals surface area (Å²) in [6.45, 7) is 2.27. The number of fused-ring (bicyclic) bond motifs is 2. The van der Waals surface area contributed by atoms with Crippen LogP contribution in [0.5, 0.6) is 0 Å². The van der Waals surface area contributed by atoms with Crippen molar-refractivity contribution in [3.63, 3.8) is 0 Å². The maximum Gasteiger partial charge on any atom is 0.308 e. The van der Waals surface area contributed by atoms with Crippen LogP contribution in [0.1, 0.15) is 37.3 Å². The lowest BCUT2D eigenvalue weighted by molar-refractivity contribution is -0.149. The molecule has 5 rings (SSSR count). The van der Waals surface area contributed by atoms with Crippen LogP contribution in [0.25, 0.3) is 0 Å². The van der Waals surface area contributed by atoms with Gasteiger partial charge < -0.3 is 10.4 Å². The van der Waals surface area contributed by atoms with Gasteiger partial charge in [-0.3, -0.25) is 4.79 Å². The van der Waals surface area contributed by atoms with E-state index in [-0.39, 0.29) is 34.4 Å². The van der Waals surface area contributed by atoms with Gasteiger partial charge in [0.2, 0.25) is 0 Å². The maximum absolute atomic E-state index is 11.5. The molecule has 1 aromatic rings. The average molecular weight is 352 g/mol. The molecule has 4 bridgehead atoms. The van der Waals surface area contributed by atoms with E-state index in [4.69, 9.17) is 0 Å². The van der Waals surface area contributed by atoms with Gasteiger partial charge in [-0.05, 0) is 42.7 Å². The van der Waals surface area contributed by atoms with E-state index in [1.165, 1.54) is 11.1 Å². The second kappa shape index (κ2) is 5.10. The number of carbonyl (C=O) groups is 1. The molecule has 2 N–H and O–H groups in total. The summed E-state index contributed by atoms with van der Waals surface area (Å²) >= 11 is 0. The van der Waals surface area contributed by atoms with E-state index in [1.54, 1.807) is 0 Å². The number of benzene rings is 1. The molecule has 1 aromatic carbocycles. The summed E-state index contributed by atoms with van der Waals surface area (Å²) in [5.74, 6) is -0.334. The van der Waals surface area contributed by atoms with Gasteiger partial charge in [-0.2, -0.15) is 0 Å². The Bertz CT molecular complexity index is 576. The summed E-state index contributed by atoms with van der Waals surface area (Å²) in [6.07, 6.45) is 4.01. The van der Waals surface area contributed by atoms with Crippen LogP contribution in [0.15, 0.2) is 24.3 Å². The van der Waals surface area contributed by atoms with Gasteiger partial charge in [0, 0.05) is 17.5 Å². The fourth-order valence-electron chi connectivity index (χ4n) is 5.27. The summed E-state index contributed by atoms with van der Waals surface area (Å²) in [6, 6.07) is 9.42. The molecule has 2 heterocycles. The Labute approximate surface area is 135 Å². The molecule has 1 saturated carbocycles. The van der Waals surface area contributed by atoms with E-state index >= 15 is 0 Å². The van der Waals surface area contributed by atoms with E-state index in [0.717, 1.165) is 25.7 Å². The lowest BCUT2D eigenvalue weighted by Gasteiger charge is -2.61. The van der Waals surface area contributed by atoms with E-state index in [0.29, 0.717) is 12.0 Å². The second-order valence-electron chi connectivity index (χ2n) is 6.74. The van der Waals surface area contributed by atoms with Crippen LogP contribution in [-0.2, 0) is 16.6 Å². The predicted molar refractivity (Wildman–Crippen MR) is 87.0 cm³/mol. The van der Waals surface area contributed by atoms with Crippen LogP contribution in [0.4, 0.5) is 0 Å². The molecule has 2 saturated heterocycles. The first kappa shape index (κ1) is 15.0. The van der Waals surface area contributed by atoms with Gasteiger partial charge in [0.15, 0.2) is 0 Å². The summed E-state index contributed by atoms with van der Waals surface area (Å²) < 4.78 is 0. The highest BCUT2D eigenvalue weighted by Gasteiger charge is 2.58. The van der Waals surface area contributed by atoms with Crippen molar-refractivity contribution in [3.8, 4) is 0 Å². The van der Waals surface area contributed by atoms with Crippen molar-refractivity contribution in [1.82, 2.24) is 5.32 Å². The fourth-order valence-corrected chi connectivity index (χ4v) is 5.27. The summed E-state index contributed by atoms with van der Waals surface area (Å²) in [5, 5.41) is 13.1. The molecule has 0 aromatic heterocycles. The normalized spacial score (nSPS) is 39.3. The highest BCUT2D eigenvalue weighted by molar-refractivity contribution is 8.93. The standard InChI is InChI=1S/C17H21NO2.BrH/c1-2-17-9-15-11(16(19)20)8-13(17)14(18-15)7-10-5-3-4-6-12(10)17;/h3-6,11,13-15,18H,2,7-9H2,1H3,(H,19,20);1H/t11-,13?,14?,15?,17+;/m0./s1. The van der Waals surface area contributed by atoms with Crippen LogP contribution in [0, 0.1) is 11.8 Å². The first-order valence-corrected chi connectivity index (χ1v) is 7.73. The molecule has 21 heavy (non-hydrogen) atoms. The van der Waals surface area contributed by atoms with Gasteiger partial charge in [0.05, 0.1) is 5.92 Å². The minimum absolute atomic E-state index is 0. The zero-order valence-electron chi connectivity index (χ0n) is 12.2. The fraction of sp³-hybridized carbons (Fsp3) is 0.588. The largest absolute Gasteiger partial charge is 0.481 e. The third-order valence-corrected chi connectivity index (χ3v) is 6.14. The molecule has 0 amide bonds. The van der Waals surface area contributed by atoms with Crippen molar-refractivity contribution in [3.05, 3.63) is 35.4 Å². The Balaban J connectivity index is 0.00000132. The lowest BCUT2D eigenvalue weighted by Crippen LogP contribution is -2.69. The molecular formula is C17H22BrNO2. The maximum atomic E-state index is 11.5. The van der Waals surface area contributed by atoms with Crippen molar-refractivity contribution < 1.29 is 9.90 Å². The Kier molecular flexibility index (Phi) is 3.65. The number of hydrogen-bond acceptors (Lipinski definition) is 2. The van der Waals surface area contributed by atoms with Crippen molar-refractivity contribution >= 4 is 23.0 Å². The SMILES string of the molecule is Br.CC[C@@]12CC3NC(Cc4ccccc41)C2C[C@@H]3C(=O)O. The van der Waals surface area contributed by atoms with Crippen molar-refractivity contribution in [2.75, 3.05) is 0 Å². The minimum atomic E-state index is -0.621. The van der Waals surface area contributed by atoms with Crippen LogP contribution in [0.3, 0.4) is 0 Å². The van der Waals surface area contributed by atoms with Gasteiger partial charge >= 0.3 is 5.97 Å². The molecule has 4 aliphatic rings. The Morgan fingerprint density at radius 1 is 1.38 bits per heavy atom. The Morgan fingerprint density at radius 2 is 2.14 bits per heavy atom. The number of piperidine rings is 2. The van der Waals surface area contributed by atoms with E-state index in [1.807, 2.05) is 0 Å². The molecular weight excluding hydrogens is 330 g/mol. The molecule has 2 aliphatic carbocycles. The summed E-state index contributed by atoms with van der Waals surface area (Å²) in [5.41, 5.74) is 3.18. The highest BCUT2D eigenvalue weighted by atomic mass is 79.9. The lowest BCUT2D eigenvalue weighted by atomic mass is 9.49. The first-order valence-electron chi connectivity index (χ1n) is 7.73. The molecule has 4 heteroatoms. The molecule has 2 aliphatic heterocycles. The van der Waals surface area contributed by atoms with Crippen LogP contribution in [-0.4, -0.2) is 23.2 Å². The molecule has 0 radical (unpaired) electrons. The Morgan fingerprint density at radius 3 is 2.81 bits per heavy atom. The smallest absolute Gasteiger partial charge is 0.308 e. The van der Waals surface area contributed by atoms with Gasteiger partial charge in [-0.15, -0.1) is 17.0 Å². The minimum Gasteiger partial charge on any atom is -0.481 e. The van der Waals surface area contributed by atoms with E-state index in [9.17, 15) is 9.90 Å². The van der Waals surface area contributed by atoms with Crippen LogP contribution >= 0.6 is 17.0 Å². The number of carboxylic acids is 1. The second-order valence-corrected chi connectivity index (χ2v) is 6.74. The number of carboxylic acid groups (broad SMARTS) is 1. The predicted octanol–water partition coefficient (Wildman–Crippen LogP) is 2.92. The molecule has 114 valence electrons. The zero-order chi connectivity index (χ0) is 13.9. The number of aliphatic carboxylic acids is 1. The molecule has 0 spiro atoms. The van der Waals surface area contributed by atoms with Crippen molar-refractivity contribution in [1.29, 1.82) is 0 Å². The van der Waals surface area contributed by atoms with Gasteiger partial charge in [0.25, 0.3) is 0 Å². The third-order valence-electron chi connectivity index (χ3n) is 6.14. The third kappa shape index (κ3) is 1.92.